The number of alkyl halides is 4. The van der Waals surface area contributed by atoms with E-state index in [9.17, 15) is 27.2 Å². The Kier molecular flexibility index (Phi) is 6.45. The van der Waals surface area contributed by atoms with E-state index in [0.717, 1.165) is 11.3 Å². The number of hydrogen-bond acceptors (Lipinski definition) is 5. The fourth-order valence-electron chi connectivity index (χ4n) is 2.44. The lowest BCUT2D eigenvalue weighted by atomic mass is 10.1. The van der Waals surface area contributed by atoms with Crippen LogP contribution in [0.4, 0.5) is 22.6 Å². The van der Waals surface area contributed by atoms with Crippen molar-refractivity contribution < 1.29 is 36.6 Å². The molecule has 1 N–H and O–H groups in total. The molecule has 0 aliphatic heterocycles. The average molecular weight is 419 g/mol. The first-order chi connectivity index (χ1) is 13.1. The molecule has 1 atom stereocenters. The number of amides is 1. The lowest BCUT2D eigenvalue weighted by Gasteiger charge is -2.24. The Labute approximate surface area is 162 Å². The summed E-state index contributed by atoms with van der Waals surface area (Å²) in [5, 5.41) is 1.58. The number of methoxy groups -OCH3 is 1. The Hall–Kier alpha value is -2.46. The summed E-state index contributed by atoms with van der Waals surface area (Å²) in [5.41, 5.74) is 0.920. The molecule has 1 amide bonds. The summed E-state index contributed by atoms with van der Waals surface area (Å²) in [6, 6.07) is 8.68. The highest BCUT2D eigenvalue weighted by atomic mass is 32.1. The number of carbonyl (C=O) groups excluding carboxylic acids is 2. The predicted molar refractivity (Wildman–Crippen MR) is 96.0 cm³/mol. The van der Waals surface area contributed by atoms with E-state index in [4.69, 9.17) is 4.74 Å². The van der Waals surface area contributed by atoms with E-state index in [1.165, 1.54) is 0 Å². The number of halogens is 4. The second-order valence-electron chi connectivity index (χ2n) is 5.60. The lowest BCUT2D eigenvalue weighted by Crippen LogP contribution is -2.52. The molecule has 0 spiro atoms. The molecule has 2 aromatic rings. The molecular weight excluding hydrogens is 402 g/mol. The summed E-state index contributed by atoms with van der Waals surface area (Å²) < 4.78 is 61.7. The van der Waals surface area contributed by atoms with Crippen molar-refractivity contribution in [2.45, 2.75) is 25.9 Å². The van der Waals surface area contributed by atoms with Gasteiger partial charge in [0.1, 0.15) is 5.00 Å². The van der Waals surface area contributed by atoms with E-state index in [1.807, 2.05) is 5.32 Å². The molecule has 10 heteroatoms. The van der Waals surface area contributed by atoms with Crippen molar-refractivity contribution in [3.8, 4) is 10.4 Å². The third-order valence-corrected chi connectivity index (χ3v) is 5.08. The average Bonchev–Trinajstić information content (AvgIpc) is 2.96. The minimum Gasteiger partial charge on any atom is -0.462 e. The molecule has 0 aliphatic rings. The van der Waals surface area contributed by atoms with E-state index in [-0.39, 0.29) is 17.2 Å². The molecule has 0 radical (unpaired) electrons. The number of esters is 1. The van der Waals surface area contributed by atoms with Crippen LogP contribution in [0.15, 0.2) is 30.3 Å². The lowest BCUT2D eigenvalue weighted by molar-refractivity contribution is -0.305. The fourth-order valence-corrected chi connectivity index (χ4v) is 3.63. The van der Waals surface area contributed by atoms with Gasteiger partial charge in [0.15, 0.2) is 0 Å². The zero-order chi connectivity index (χ0) is 21.1. The first kappa shape index (κ1) is 21.8. The standard InChI is InChI=1S/C18H17F4NO4S/c1-4-27-15(24)12-10(2)13(11-8-6-5-7-9-11)28-14(12)23-16(25)17(19,26-3)18(20,21)22/h5-9H,4H2,1-3H3,(H,23,25). The van der Waals surface area contributed by atoms with Crippen molar-refractivity contribution in [1.29, 1.82) is 0 Å². The van der Waals surface area contributed by atoms with E-state index in [1.54, 1.807) is 44.2 Å². The summed E-state index contributed by atoms with van der Waals surface area (Å²) in [4.78, 5) is 24.9. The van der Waals surface area contributed by atoms with Crippen molar-refractivity contribution in [3.05, 3.63) is 41.5 Å². The molecule has 152 valence electrons. The number of nitrogens with one attached hydrogen (secondary N) is 1. The summed E-state index contributed by atoms with van der Waals surface area (Å²) in [6.45, 7) is 3.12. The molecule has 1 aromatic heterocycles. The van der Waals surface area contributed by atoms with Gasteiger partial charge in [0, 0.05) is 12.0 Å². The van der Waals surface area contributed by atoms with Crippen LogP contribution in [0, 0.1) is 6.92 Å². The molecule has 28 heavy (non-hydrogen) atoms. The maximum absolute atomic E-state index is 14.1. The molecule has 0 saturated carbocycles. The van der Waals surface area contributed by atoms with Gasteiger partial charge in [0.05, 0.1) is 12.2 Å². The fraction of sp³-hybridized carbons (Fsp3) is 0.333. The zero-order valence-electron chi connectivity index (χ0n) is 15.1. The van der Waals surface area contributed by atoms with Crippen LogP contribution in [0.25, 0.3) is 10.4 Å². The third kappa shape index (κ3) is 4.02. The molecule has 2 rings (SSSR count). The molecular formula is C18H17F4NO4S. The van der Waals surface area contributed by atoms with Gasteiger partial charge < -0.3 is 14.8 Å². The van der Waals surface area contributed by atoms with Crippen LogP contribution in [-0.2, 0) is 14.3 Å². The van der Waals surface area contributed by atoms with Crippen molar-refractivity contribution in [2.75, 3.05) is 19.0 Å². The van der Waals surface area contributed by atoms with E-state index >= 15 is 0 Å². The van der Waals surface area contributed by atoms with E-state index < -0.39 is 23.9 Å². The van der Waals surface area contributed by atoms with Crippen LogP contribution in [-0.4, -0.2) is 37.6 Å². The van der Waals surface area contributed by atoms with Gasteiger partial charge in [0.25, 0.3) is 0 Å². The van der Waals surface area contributed by atoms with Crippen LogP contribution in [0.3, 0.4) is 0 Å². The number of carbonyl (C=O) groups is 2. The highest BCUT2D eigenvalue weighted by molar-refractivity contribution is 7.20. The largest absolute Gasteiger partial charge is 0.462 e. The number of hydrogen-bond donors (Lipinski definition) is 1. The number of ether oxygens (including phenoxy) is 2. The number of benzene rings is 1. The van der Waals surface area contributed by atoms with Gasteiger partial charge in [-0.3, -0.25) is 4.79 Å². The highest BCUT2D eigenvalue weighted by Crippen LogP contribution is 2.42. The van der Waals surface area contributed by atoms with Gasteiger partial charge in [-0.25, -0.2) is 4.79 Å². The highest BCUT2D eigenvalue weighted by Gasteiger charge is 2.63. The summed E-state index contributed by atoms with van der Waals surface area (Å²) in [7, 11) is 0.425. The molecule has 1 heterocycles. The Morgan fingerprint density at radius 3 is 2.25 bits per heavy atom. The van der Waals surface area contributed by atoms with Crippen LogP contribution in [0.5, 0.6) is 0 Å². The van der Waals surface area contributed by atoms with Crippen LogP contribution >= 0.6 is 11.3 Å². The topological polar surface area (TPSA) is 64.6 Å². The summed E-state index contributed by atoms with van der Waals surface area (Å²) in [6.07, 6.45) is -5.61. The monoisotopic (exact) mass is 419 g/mol. The molecule has 5 nitrogen and oxygen atoms in total. The Morgan fingerprint density at radius 2 is 1.75 bits per heavy atom. The molecule has 1 unspecified atom stereocenters. The Balaban J connectivity index is 2.54. The third-order valence-electron chi connectivity index (χ3n) is 3.83. The van der Waals surface area contributed by atoms with E-state index in [0.29, 0.717) is 23.1 Å². The second kappa shape index (κ2) is 8.27. The predicted octanol–water partition coefficient (Wildman–Crippen LogP) is 4.71. The second-order valence-corrected chi connectivity index (χ2v) is 6.62. The quantitative estimate of drug-likeness (QED) is 0.544. The summed E-state index contributed by atoms with van der Waals surface area (Å²) in [5.74, 6) is -7.50. The molecule has 0 fully saturated rings. The zero-order valence-corrected chi connectivity index (χ0v) is 16.0. The molecule has 0 aliphatic carbocycles. The SMILES string of the molecule is CCOC(=O)c1c(NC(=O)C(F)(OC)C(F)(F)F)sc(-c2ccccc2)c1C. The summed E-state index contributed by atoms with van der Waals surface area (Å²) >= 11 is 0.837. The van der Waals surface area contributed by atoms with E-state index in [2.05, 4.69) is 4.74 Å². The Morgan fingerprint density at radius 1 is 1.14 bits per heavy atom. The van der Waals surface area contributed by atoms with Crippen molar-refractivity contribution in [1.82, 2.24) is 0 Å². The van der Waals surface area contributed by atoms with Crippen LogP contribution < -0.4 is 5.32 Å². The number of thiophene rings is 1. The minimum atomic E-state index is -5.61. The van der Waals surface area contributed by atoms with Crippen molar-refractivity contribution >= 4 is 28.2 Å². The Bertz CT molecular complexity index is 866. The first-order valence-corrected chi connectivity index (χ1v) is 8.86. The van der Waals surface area contributed by atoms with Gasteiger partial charge in [-0.15, -0.1) is 11.3 Å². The van der Waals surface area contributed by atoms with Gasteiger partial charge in [-0.2, -0.15) is 17.6 Å². The van der Waals surface area contributed by atoms with Gasteiger partial charge >= 0.3 is 23.9 Å². The van der Waals surface area contributed by atoms with Crippen LogP contribution in [0.2, 0.25) is 0 Å². The molecule has 0 bridgehead atoms. The number of anilines is 1. The number of rotatable bonds is 6. The van der Waals surface area contributed by atoms with Crippen LogP contribution in [0.1, 0.15) is 22.8 Å². The van der Waals surface area contributed by atoms with Crippen molar-refractivity contribution in [2.24, 2.45) is 0 Å². The smallest absolute Gasteiger partial charge is 0.458 e. The maximum Gasteiger partial charge on any atom is 0.458 e. The first-order valence-electron chi connectivity index (χ1n) is 8.05. The molecule has 0 saturated heterocycles. The molecule has 1 aromatic carbocycles. The minimum absolute atomic E-state index is 0.00977. The normalized spacial score (nSPS) is 13.7. The van der Waals surface area contributed by atoms with Gasteiger partial charge in [-0.05, 0) is 25.0 Å². The van der Waals surface area contributed by atoms with Gasteiger partial charge in [0.2, 0.25) is 0 Å². The maximum atomic E-state index is 14.1. The van der Waals surface area contributed by atoms with Gasteiger partial charge in [-0.1, -0.05) is 30.3 Å². The van der Waals surface area contributed by atoms with Crippen molar-refractivity contribution in [3.63, 3.8) is 0 Å².